The van der Waals surface area contributed by atoms with Gasteiger partial charge in [0.1, 0.15) is 12.4 Å². The number of fused-ring (bicyclic) bond motifs is 2. The number of anilines is 1. The van der Waals surface area contributed by atoms with Crippen LogP contribution in [0.2, 0.25) is 0 Å². The van der Waals surface area contributed by atoms with E-state index in [4.69, 9.17) is 4.74 Å². The maximum absolute atomic E-state index is 13.6. The van der Waals surface area contributed by atoms with Crippen LogP contribution in [0.5, 0.6) is 0 Å². The van der Waals surface area contributed by atoms with Crippen molar-refractivity contribution in [3.8, 4) is 0 Å². The highest BCUT2D eigenvalue weighted by atomic mass is 79.9. The number of amides is 5. The van der Waals surface area contributed by atoms with Gasteiger partial charge in [0, 0.05) is 35.2 Å². The summed E-state index contributed by atoms with van der Waals surface area (Å²) in [4.78, 5) is 54.1. The molecule has 9 nitrogen and oxygen atoms in total. The second kappa shape index (κ2) is 9.44. The smallest absolute Gasteiger partial charge is 0.418 e. The zero-order chi connectivity index (χ0) is 26.5. The Morgan fingerprint density at radius 2 is 1.97 bits per heavy atom. The number of hydrogen-bond donors (Lipinski definition) is 2. The average Bonchev–Trinajstić information content (AvgIpc) is 3.49. The number of carbonyl (C=O) groups excluding carboxylic acids is 4. The number of imide groups is 1. The molecule has 0 aromatic heterocycles. The quantitative estimate of drug-likeness (QED) is 0.570. The van der Waals surface area contributed by atoms with Crippen molar-refractivity contribution in [2.24, 2.45) is 0 Å². The maximum atomic E-state index is 13.6. The molecular formula is C26H26BrFN4O5. The molecule has 0 saturated carbocycles. The Labute approximate surface area is 221 Å². The summed E-state index contributed by atoms with van der Waals surface area (Å²) in [7, 11) is 1.51. The molecule has 0 bridgehead atoms. The molecular weight excluding hydrogens is 547 g/mol. The molecule has 0 radical (unpaired) electrons. The Balaban J connectivity index is 1.36. The molecule has 37 heavy (non-hydrogen) atoms. The lowest BCUT2D eigenvalue weighted by molar-refractivity contribution is -0.143. The number of urea groups is 1. The van der Waals surface area contributed by atoms with Gasteiger partial charge in [-0.1, -0.05) is 28.1 Å². The average molecular weight is 573 g/mol. The molecule has 5 amide bonds. The number of benzene rings is 2. The Morgan fingerprint density at radius 3 is 2.70 bits per heavy atom. The number of ether oxygens (including phenoxy) is 1. The molecule has 2 aromatic rings. The van der Waals surface area contributed by atoms with Gasteiger partial charge in [0.15, 0.2) is 0 Å². The van der Waals surface area contributed by atoms with Crippen LogP contribution in [-0.4, -0.2) is 53.4 Å². The maximum Gasteiger partial charge on any atom is 0.418 e. The Morgan fingerprint density at radius 1 is 1.19 bits per heavy atom. The van der Waals surface area contributed by atoms with Crippen molar-refractivity contribution < 1.29 is 28.3 Å². The standard InChI is InChI=1S/C26H26BrFN4O5/c1-14-3-8-21(18-6-4-16(28)12-20(18)27)32(14)22(33)13-31-23(34)26(37-25(31)36)10-9-15-11-17(5-7-19(15)26)30-24(35)29-2/h4-7,11-12,14,21H,3,8-10,13H2,1-2H3,(H2,29,30,35). The Kier molecular flexibility index (Phi) is 6.43. The van der Waals surface area contributed by atoms with Gasteiger partial charge < -0.3 is 20.3 Å². The van der Waals surface area contributed by atoms with Gasteiger partial charge >= 0.3 is 12.1 Å². The van der Waals surface area contributed by atoms with Crippen molar-refractivity contribution in [3.63, 3.8) is 0 Å². The second-order valence-electron chi connectivity index (χ2n) is 9.57. The third-order valence-electron chi connectivity index (χ3n) is 7.42. The highest BCUT2D eigenvalue weighted by Crippen LogP contribution is 2.46. The molecule has 194 valence electrons. The Hall–Kier alpha value is -3.47. The molecule has 3 aliphatic rings. The third-order valence-corrected chi connectivity index (χ3v) is 8.10. The fourth-order valence-corrected chi connectivity index (χ4v) is 6.24. The number of nitrogens with one attached hydrogen (secondary N) is 2. The zero-order valence-corrected chi connectivity index (χ0v) is 21.9. The molecule has 3 atom stereocenters. The van der Waals surface area contributed by atoms with E-state index in [1.54, 1.807) is 29.2 Å². The van der Waals surface area contributed by atoms with Crippen molar-refractivity contribution in [2.75, 3.05) is 18.9 Å². The fourth-order valence-electron chi connectivity index (χ4n) is 5.62. The van der Waals surface area contributed by atoms with Crippen molar-refractivity contribution in [2.45, 2.75) is 50.3 Å². The van der Waals surface area contributed by atoms with E-state index in [2.05, 4.69) is 26.6 Å². The second-order valence-corrected chi connectivity index (χ2v) is 10.4. The molecule has 2 aromatic carbocycles. The molecule has 2 N–H and O–H groups in total. The van der Waals surface area contributed by atoms with E-state index in [9.17, 15) is 23.6 Å². The van der Waals surface area contributed by atoms with Gasteiger partial charge in [0.25, 0.3) is 5.91 Å². The van der Waals surface area contributed by atoms with Gasteiger partial charge in [0.05, 0.1) is 6.04 Å². The highest BCUT2D eigenvalue weighted by Gasteiger charge is 2.58. The van der Waals surface area contributed by atoms with E-state index >= 15 is 0 Å². The first kappa shape index (κ1) is 25.2. The number of aryl methyl sites for hydroxylation is 1. The summed E-state index contributed by atoms with van der Waals surface area (Å²) in [5, 5.41) is 5.16. The van der Waals surface area contributed by atoms with Crippen LogP contribution in [0.4, 0.5) is 19.7 Å². The van der Waals surface area contributed by atoms with Crippen LogP contribution in [-0.2, 0) is 26.3 Å². The van der Waals surface area contributed by atoms with Crippen LogP contribution in [0.15, 0.2) is 40.9 Å². The van der Waals surface area contributed by atoms with Crippen molar-refractivity contribution in [1.29, 1.82) is 0 Å². The van der Waals surface area contributed by atoms with E-state index in [1.165, 1.54) is 19.2 Å². The van der Waals surface area contributed by atoms with Gasteiger partial charge in [-0.2, -0.15) is 0 Å². The fraction of sp³-hybridized carbons (Fsp3) is 0.385. The van der Waals surface area contributed by atoms with E-state index in [0.29, 0.717) is 28.6 Å². The summed E-state index contributed by atoms with van der Waals surface area (Å²) in [5.74, 6) is -1.33. The van der Waals surface area contributed by atoms with Crippen LogP contribution in [0.25, 0.3) is 0 Å². The van der Waals surface area contributed by atoms with Crippen LogP contribution in [0, 0.1) is 5.82 Å². The lowest BCUT2D eigenvalue weighted by Gasteiger charge is -2.30. The van der Waals surface area contributed by atoms with Crippen LogP contribution < -0.4 is 10.6 Å². The summed E-state index contributed by atoms with van der Waals surface area (Å²) < 4.78 is 19.9. The molecule has 5 rings (SSSR count). The van der Waals surface area contributed by atoms with Crippen LogP contribution >= 0.6 is 15.9 Å². The van der Waals surface area contributed by atoms with E-state index in [-0.39, 0.29) is 36.3 Å². The minimum atomic E-state index is -1.48. The molecule has 3 unspecified atom stereocenters. The normalized spacial score (nSPS) is 24.4. The molecule has 2 heterocycles. The lowest BCUT2D eigenvalue weighted by atomic mass is 9.94. The van der Waals surface area contributed by atoms with Crippen LogP contribution in [0.1, 0.15) is 48.9 Å². The minimum Gasteiger partial charge on any atom is -0.427 e. The predicted octanol–water partition coefficient (Wildman–Crippen LogP) is 4.21. The van der Waals surface area contributed by atoms with Gasteiger partial charge in [-0.05, 0) is 61.6 Å². The molecule has 2 saturated heterocycles. The van der Waals surface area contributed by atoms with Gasteiger partial charge in [-0.15, -0.1) is 0 Å². The van der Waals surface area contributed by atoms with E-state index < -0.39 is 24.1 Å². The first-order valence-corrected chi connectivity index (χ1v) is 12.9. The number of hydrogen-bond acceptors (Lipinski definition) is 5. The number of nitrogens with zero attached hydrogens (tertiary/aromatic N) is 2. The zero-order valence-electron chi connectivity index (χ0n) is 20.3. The van der Waals surface area contributed by atoms with Gasteiger partial charge in [-0.3, -0.25) is 9.59 Å². The largest absolute Gasteiger partial charge is 0.427 e. The summed E-state index contributed by atoms with van der Waals surface area (Å²) in [6.45, 7) is 1.48. The topological polar surface area (TPSA) is 108 Å². The molecule has 1 aliphatic carbocycles. The lowest BCUT2D eigenvalue weighted by Crippen LogP contribution is -2.46. The van der Waals surface area contributed by atoms with E-state index in [0.717, 1.165) is 22.4 Å². The number of carbonyl (C=O) groups is 4. The third kappa shape index (κ3) is 4.24. The monoisotopic (exact) mass is 572 g/mol. The summed E-state index contributed by atoms with van der Waals surface area (Å²) in [6.07, 6.45) is 1.29. The summed E-state index contributed by atoms with van der Waals surface area (Å²) in [6, 6.07) is 8.64. The highest BCUT2D eigenvalue weighted by molar-refractivity contribution is 9.10. The SMILES string of the molecule is CNC(=O)Nc1ccc2c(c1)CCC21OC(=O)N(CC(=O)N2C(C)CCC2c2ccc(F)cc2Br)C1=O. The molecule has 11 heteroatoms. The Bertz CT molecular complexity index is 1320. The van der Waals surface area contributed by atoms with Gasteiger partial charge in [0.2, 0.25) is 11.5 Å². The minimum absolute atomic E-state index is 0.115. The van der Waals surface area contributed by atoms with Crippen molar-refractivity contribution in [3.05, 3.63) is 63.4 Å². The summed E-state index contributed by atoms with van der Waals surface area (Å²) in [5.41, 5.74) is 1.20. The number of likely N-dealkylation sites (tertiary alicyclic amines) is 1. The molecule has 2 fully saturated rings. The number of rotatable bonds is 4. The summed E-state index contributed by atoms with van der Waals surface area (Å²) >= 11 is 3.40. The van der Waals surface area contributed by atoms with E-state index in [1.807, 2.05) is 6.92 Å². The predicted molar refractivity (Wildman–Crippen MR) is 135 cm³/mol. The first-order valence-electron chi connectivity index (χ1n) is 12.1. The van der Waals surface area contributed by atoms with Crippen molar-refractivity contribution in [1.82, 2.24) is 15.1 Å². The molecule has 1 spiro atoms. The molecule has 2 aliphatic heterocycles. The van der Waals surface area contributed by atoms with Crippen molar-refractivity contribution >= 4 is 45.6 Å². The van der Waals surface area contributed by atoms with Crippen LogP contribution in [0.3, 0.4) is 0 Å². The van der Waals surface area contributed by atoms with Gasteiger partial charge in [-0.25, -0.2) is 18.9 Å². The first-order chi connectivity index (χ1) is 17.6. The number of halogens is 2.